The van der Waals surface area contributed by atoms with Crippen molar-refractivity contribution < 1.29 is 9.59 Å². The lowest BCUT2D eigenvalue weighted by Gasteiger charge is -2.42. The third-order valence-corrected chi connectivity index (χ3v) is 3.48. The van der Waals surface area contributed by atoms with Crippen molar-refractivity contribution in [3.63, 3.8) is 0 Å². The van der Waals surface area contributed by atoms with Crippen LogP contribution in [-0.4, -0.2) is 48.4 Å². The molecule has 2 aliphatic heterocycles. The minimum Gasteiger partial charge on any atom is -0.352 e. The molecule has 0 aliphatic carbocycles. The summed E-state index contributed by atoms with van der Waals surface area (Å²) >= 11 is 0. The molecule has 0 bridgehead atoms. The number of amides is 2. The Morgan fingerprint density at radius 3 is 2.75 bits per heavy atom. The monoisotopic (exact) mass is 225 g/mol. The molecule has 2 heterocycles. The fourth-order valence-corrected chi connectivity index (χ4v) is 2.19. The highest BCUT2D eigenvalue weighted by atomic mass is 16.2. The molecule has 0 spiro atoms. The highest BCUT2D eigenvalue weighted by Gasteiger charge is 2.40. The Labute approximate surface area is 95.6 Å². The van der Waals surface area contributed by atoms with Crippen LogP contribution in [-0.2, 0) is 9.59 Å². The van der Waals surface area contributed by atoms with Crippen molar-refractivity contribution in [3.8, 4) is 0 Å². The number of nitrogens with one attached hydrogen (secondary N) is 2. The average molecular weight is 225 g/mol. The van der Waals surface area contributed by atoms with Crippen LogP contribution in [0.2, 0.25) is 0 Å². The zero-order valence-corrected chi connectivity index (χ0v) is 9.88. The first kappa shape index (κ1) is 11.4. The van der Waals surface area contributed by atoms with Gasteiger partial charge in [-0.05, 0) is 32.9 Å². The molecule has 5 heteroatoms. The maximum Gasteiger partial charge on any atom is 0.245 e. The van der Waals surface area contributed by atoms with Crippen molar-refractivity contribution >= 4 is 11.8 Å². The Hall–Kier alpha value is -1.10. The second kappa shape index (κ2) is 4.05. The van der Waals surface area contributed by atoms with Crippen molar-refractivity contribution in [2.24, 2.45) is 5.92 Å². The van der Waals surface area contributed by atoms with Gasteiger partial charge >= 0.3 is 0 Å². The molecule has 16 heavy (non-hydrogen) atoms. The smallest absolute Gasteiger partial charge is 0.245 e. The normalized spacial score (nSPS) is 24.9. The molecule has 2 fully saturated rings. The first-order chi connectivity index (χ1) is 7.51. The topological polar surface area (TPSA) is 61.4 Å². The Kier molecular flexibility index (Phi) is 2.88. The molecule has 5 nitrogen and oxygen atoms in total. The second-order valence-corrected chi connectivity index (χ2v) is 5.09. The zero-order valence-electron chi connectivity index (χ0n) is 9.88. The van der Waals surface area contributed by atoms with E-state index in [1.54, 1.807) is 18.7 Å². The molecular weight excluding hydrogens is 206 g/mol. The Balaban J connectivity index is 2.00. The van der Waals surface area contributed by atoms with Crippen LogP contribution in [0.15, 0.2) is 0 Å². The van der Waals surface area contributed by atoms with Crippen LogP contribution in [0.3, 0.4) is 0 Å². The number of piperazine rings is 1. The van der Waals surface area contributed by atoms with E-state index in [1.807, 2.05) is 0 Å². The van der Waals surface area contributed by atoms with E-state index in [4.69, 9.17) is 0 Å². The molecule has 0 aromatic heterocycles. The van der Waals surface area contributed by atoms with Crippen molar-refractivity contribution in [1.29, 1.82) is 0 Å². The molecular formula is C11H19N3O2. The number of carbonyl (C=O) groups is 2. The third kappa shape index (κ3) is 1.91. The fraction of sp³-hybridized carbons (Fsp3) is 0.818. The molecule has 2 aliphatic rings. The van der Waals surface area contributed by atoms with Gasteiger partial charge in [0.05, 0.1) is 0 Å². The van der Waals surface area contributed by atoms with Crippen LogP contribution in [0.25, 0.3) is 0 Å². The summed E-state index contributed by atoms with van der Waals surface area (Å²) in [6.45, 7) is 6.64. The molecule has 0 aromatic carbocycles. The predicted octanol–water partition coefficient (Wildman–Crippen LogP) is -0.667. The van der Waals surface area contributed by atoms with Gasteiger partial charge in [0.1, 0.15) is 5.54 Å². The van der Waals surface area contributed by atoms with Crippen LogP contribution in [0.4, 0.5) is 0 Å². The summed E-state index contributed by atoms with van der Waals surface area (Å²) in [6, 6.07) is 0. The van der Waals surface area contributed by atoms with Gasteiger partial charge in [-0.15, -0.1) is 0 Å². The van der Waals surface area contributed by atoms with E-state index in [2.05, 4.69) is 10.6 Å². The zero-order chi connectivity index (χ0) is 11.8. The number of hydrogen-bond donors (Lipinski definition) is 2. The van der Waals surface area contributed by atoms with Crippen LogP contribution >= 0.6 is 0 Å². The number of carbonyl (C=O) groups excluding carboxylic acids is 2. The van der Waals surface area contributed by atoms with Crippen LogP contribution in [0, 0.1) is 5.92 Å². The largest absolute Gasteiger partial charge is 0.352 e. The van der Waals surface area contributed by atoms with E-state index in [0.29, 0.717) is 25.4 Å². The second-order valence-electron chi connectivity index (χ2n) is 5.09. The van der Waals surface area contributed by atoms with Crippen molar-refractivity contribution in [2.45, 2.75) is 25.8 Å². The number of hydrogen-bond acceptors (Lipinski definition) is 3. The molecule has 2 rings (SSSR count). The molecule has 2 N–H and O–H groups in total. The minimum atomic E-state index is -0.702. The van der Waals surface area contributed by atoms with Gasteiger partial charge in [-0.3, -0.25) is 9.59 Å². The summed E-state index contributed by atoms with van der Waals surface area (Å²) < 4.78 is 0. The lowest BCUT2D eigenvalue weighted by Crippen LogP contribution is -2.64. The molecule has 2 amide bonds. The average Bonchev–Trinajstić information content (AvgIpc) is 2.15. The highest BCUT2D eigenvalue weighted by Crippen LogP contribution is 2.21. The van der Waals surface area contributed by atoms with Crippen LogP contribution in [0.5, 0.6) is 0 Å². The van der Waals surface area contributed by atoms with Gasteiger partial charge in [0.2, 0.25) is 11.8 Å². The first-order valence-corrected chi connectivity index (χ1v) is 5.81. The lowest BCUT2D eigenvalue weighted by molar-refractivity contribution is -0.150. The van der Waals surface area contributed by atoms with E-state index >= 15 is 0 Å². The number of nitrogens with zero attached hydrogens (tertiary/aromatic N) is 1. The number of rotatable bonds is 2. The molecule has 0 radical (unpaired) electrons. The van der Waals surface area contributed by atoms with Gasteiger partial charge in [-0.1, -0.05) is 0 Å². The quantitative estimate of drug-likeness (QED) is 0.655. The summed E-state index contributed by atoms with van der Waals surface area (Å²) in [5.74, 6) is 0.499. The predicted molar refractivity (Wildman–Crippen MR) is 59.8 cm³/mol. The Bertz CT molecular complexity index is 310. The maximum absolute atomic E-state index is 12.1. The molecule has 0 saturated carbocycles. The van der Waals surface area contributed by atoms with Gasteiger partial charge in [-0.2, -0.15) is 0 Å². The van der Waals surface area contributed by atoms with Gasteiger partial charge in [0.25, 0.3) is 0 Å². The minimum absolute atomic E-state index is 0.0566. The first-order valence-electron chi connectivity index (χ1n) is 5.81. The van der Waals surface area contributed by atoms with Gasteiger partial charge in [0.15, 0.2) is 0 Å². The summed E-state index contributed by atoms with van der Waals surface area (Å²) in [5.41, 5.74) is -0.702. The van der Waals surface area contributed by atoms with Crippen LogP contribution < -0.4 is 10.6 Å². The maximum atomic E-state index is 12.1. The molecule has 0 aromatic rings. The molecule has 2 saturated heterocycles. The SMILES string of the molecule is CC1(C)C(=O)NCCN1C(=O)CC1CNC1. The van der Waals surface area contributed by atoms with E-state index in [1.165, 1.54) is 0 Å². The highest BCUT2D eigenvalue weighted by molar-refractivity contribution is 5.91. The van der Waals surface area contributed by atoms with E-state index in [9.17, 15) is 9.59 Å². The standard InChI is InChI=1S/C11H19N3O2/c1-11(2)10(16)13-3-4-14(11)9(15)5-8-6-12-7-8/h8,12H,3-7H2,1-2H3,(H,13,16). The summed E-state index contributed by atoms with van der Waals surface area (Å²) in [6.07, 6.45) is 0.559. The van der Waals surface area contributed by atoms with Gasteiger partial charge < -0.3 is 15.5 Å². The van der Waals surface area contributed by atoms with Gasteiger partial charge in [0, 0.05) is 19.5 Å². The van der Waals surface area contributed by atoms with E-state index < -0.39 is 5.54 Å². The molecule has 0 atom stereocenters. The molecule has 90 valence electrons. The van der Waals surface area contributed by atoms with Crippen molar-refractivity contribution in [2.75, 3.05) is 26.2 Å². The van der Waals surface area contributed by atoms with Crippen molar-refractivity contribution in [3.05, 3.63) is 0 Å². The van der Waals surface area contributed by atoms with Gasteiger partial charge in [-0.25, -0.2) is 0 Å². The Morgan fingerprint density at radius 1 is 1.50 bits per heavy atom. The Morgan fingerprint density at radius 2 is 2.19 bits per heavy atom. The van der Waals surface area contributed by atoms with Crippen LogP contribution in [0.1, 0.15) is 20.3 Å². The summed E-state index contributed by atoms with van der Waals surface area (Å²) in [4.78, 5) is 25.5. The van der Waals surface area contributed by atoms with E-state index in [-0.39, 0.29) is 11.8 Å². The summed E-state index contributed by atoms with van der Waals surface area (Å²) in [5, 5.41) is 5.94. The molecule has 0 unspecified atom stereocenters. The van der Waals surface area contributed by atoms with Crippen molar-refractivity contribution in [1.82, 2.24) is 15.5 Å². The summed E-state index contributed by atoms with van der Waals surface area (Å²) in [7, 11) is 0. The lowest BCUT2D eigenvalue weighted by atomic mass is 9.94. The van der Waals surface area contributed by atoms with E-state index in [0.717, 1.165) is 13.1 Å². The fourth-order valence-electron chi connectivity index (χ4n) is 2.19. The third-order valence-electron chi connectivity index (χ3n) is 3.48.